The number of likely N-dealkylation sites (tertiary alicyclic amines) is 1. The zero-order valence-corrected chi connectivity index (χ0v) is 12.1. The van der Waals surface area contributed by atoms with Gasteiger partial charge in [0.15, 0.2) is 0 Å². The second-order valence-electron chi connectivity index (χ2n) is 5.61. The van der Waals surface area contributed by atoms with Gasteiger partial charge in [-0.2, -0.15) is 0 Å². The molecule has 1 aromatic carbocycles. The molecule has 0 spiro atoms. The van der Waals surface area contributed by atoms with Crippen molar-refractivity contribution in [3.05, 3.63) is 35.6 Å². The van der Waals surface area contributed by atoms with Crippen LogP contribution in [0.1, 0.15) is 31.7 Å². The van der Waals surface area contributed by atoms with E-state index >= 15 is 0 Å². The molecule has 4 heteroatoms. The van der Waals surface area contributed by atoms with E-state index in [2.05, 4.69) is 12.2 Å². The lowest BCUT2D eigenvalue weighted by Crippen LogP contribution is -2.40. The Morgan fingerprint density at radius 1 is 1.45 bits per heavy atom. The molecule has 20 heavy (non-hydrogen) atoms. The molecule has 110 valence electrons. The van der Waals surface area contributed by atoms with Gasteiger partial charge in [0.1, 0.15) is 5.82 Å². The second-order valence-corrected chi connectivity index (χ2v) is 5.61. The van der Waals surface area contributed by atoms with Crippen molar-refractivity contribution < 1.29 is 9.18 Å². The average molecular weight is 278 g/mol. The summed E-state index contributed by atoms with van der Waals surface area (Å²) in [6.07, 6.45) is 2.81. The Balaban J connectivity index is 1.68. The summed E-state index contributed by atoms with van der Waals surface area (Å²) < 4.78 is 13.4. The minimum absolute atomic E-state index is 0.198. The third-order valence-corrected chi connectivity index (χ3v) is 3.80. The maximum atomic E-state index is 13.4. The van der Waals surface area contributed by atoms with E-state index in [-0.39, 0.29) is 11.7 Å². The Labute approximate surface area is 120 Å². The molecule has 1 heterocycles. The Morgan fingerprint density at radius 3 is 3.00 bits per heavy atom. The van der Waals surface area contributed by atoms with Crippen molar-refractivity contribution in [1.82, 2.24) is 10.2 Å². The number of nitrogens with one attached hydrogen (secondary N) is 1. The summed E-state index contributed by atoms with van der Waals surface area (Å²) in [7, 11) is 0. The molecule has 1 N–H and O–H groups in total. The molecule has 0 aliphatic carbocycles. The molecule has 2 rings (SSSR count). The van der Waals surface area contributed by atoms with Gasteiger partial charge in [-0.25, -0.2) is 4.39 Å². The first-order valence-corrected chi connectivity index (χ1v) is 7.38. The predicted molar refractivity (Wildman–Crippen MR) is 77.7 cm³/mol. The van der Waals surface area contributed by atoms with Crippen LogP contribution in [0.5, 0.6) is 0 Å². The molecule has 1 aliphatic rings. The van der Waals surface area contributed by atoms with Crippen LogP contribution in [-0.4, -0.2) is 30.4 Å². The molecule has 0 radical (unpaired) electrons. The molecule has 1 aromatic rings. The van der Waals surface area contributed by atoms with Crippen molar-refractivity contribution >= 4 is 5.91 Å². The zero-order chi connectivity index (χ0) is 14.4. The number of halogens is 1. The summed E-state index contributed by atoms with van der Waals surface area (Å²) in [5.41, 5.74) is 0.645. The molecular formula is C16H23FN2O. The predicted octanol–water partition coefficient (Wildman–Crippen LogP) is 2.56. The first-order chi connectivity index (χ1) is 9.66. The molecule has 3 nitrogen and oxygen atoms in total. The van der Waals surface area contributed by atoms with Crippen molar-refractivity contribution in [2.24, 2.45) is 5.92 Å². The first kappa shape index (κ1) is 15.0. The minimum atomic E-state index is -0.198. The SMILES string of the molecule is CC1CCCN(C(=O)CCNCc2ccccc2F)C1. The standard InChI is InChI=1S/C16H23FN2O/c1-13-5-4-10-19(12-13)16(20)8-9-18-11-14-6-2-3-7-15(14)17/h2-3,6-7,13,18H,4-5,8-12H2,1H3. The lowest BCUT2D eigenvalue weighted by atomic mass is 10.00. The topological polar surface area (TPSA) is 32.3 Å². The number of hydrogen-bond donors (Lipinski definition) is 1. The zero-order valence-electron chi connectivity index (χ0n) is 12.1. The van der Waals surface area contributed by atoms with E-state index in [1.165, 1.54) is 12.5 Å². The number of amides is 1. The molecule has 0 saturated carbocycles. The maximum Gasteiger partial charge on any atom is 0.223 e. The Kier molecular flexibility index (Phi) is 5.53. The van der Waals surface area contributed by atoms with E-state index < -0.39 is 0 Å². The fourth-order valence-corrected chi connectivity index (χ4v) is 2.63. The van der Waals surface area contributed by atoms with Crippen LogP contribution in [-0.2, 0) is 11.3 Å². The molecule has 1 saturated heterocycles. The Morgan fingerprint density at radius 2 is 2.25 bits per heavy atom. The number of carbonyl (C=O) groups is 1. The summed E-state index contributed by atoms with van der Waals surface area (Å²) in [5.74, 6) is 0.618. The lowest BCUT2D eigenvalue weighted by molar-refractivity contribution is -0.132. The Hall–Kier alpha value is -1.42. The number of hydrogen-bond acceptors (Lipinski definition) is 2. The highest BCUT2D eigenvalue weighted by Crippen LogP contribution is 2.15. The minimum Gasteiger partial charge on any atom is -0.342 e. The van der Waals surface area contributed by atoms with E-state index in [1.54, 1.807) is 12.1 Å². The number of piperidine rings is 1. The van der Waals surface area contributed by atoms with Gasteiger partial charge in [-0.05, 0) is 24.8 Å². The van der Waals surface area contributed by atoms with E-state index in [1.807, 2.05) is 11.0 Å². The summed E-state index contributed by atoms with van der Waals surface area (Å²) in [4.78, 5) is 14.0. The largest absolute Gasteiger partial charge is 0.342 e. The van der Waals surface area contributed by atoms with Crippen molar-refractivity contribution in [1.29, 1.82) is 0 Å². The van der Waals surface area contributed by atoms with Crippen LogP contribution in [0, 0.1) is 11.7 Å². The molecule has 1 aliphatic heterocycles. The van der Waals surface area contributed by atoms with Crippen molar-refractivity contribution in [2.75, 3.05) is 19.6 Å². The van der Waals surface area contributed by atoms with Gasteiger partial charge in [-0.3, -0.25) is 4.79 Å². The van der Waals surface area contributed by atoms with E-state index in [0.717, 1.165) is 19.5 Å². The van der Waals surface area contributed by atoms with Gasteiger partial charge in [-0.15, -0.1) is 0 Å². The van der Waals surface area contributed by atoms with Gasteiger partial charge in [0.2, 0.25) is 5.91 Å². The third-order valence-electron chi connectivity index (χ3n) is 3.80. The quantitative estimate of drug-likeness (QED) is 0.840. The second kappa shape index (κ2) is 7.39. The normalized spacial score (nSPS) is 19.1. The third kappa shape index (κ3) is 4.30. The molecule has 0 aromatic heterocycles. The van der Waals surface area contributed by atoms with E-state index in [0.29, 0.717) is 31.0 Å². The molecule has 1 fully saturated rings. The summed E-state index contributed by atoms with van der Waals surface area (Å²) in [5, 5.41) is 3.14. The molecule has 1 amide bonds. The van der Waals surface area contributed by atoms with Crippen LogP contribution in [0.4, 0.5) is 4.39 Å². The van der Waals surface area contributed by atoms with Gasteiger partial charge < -0.3 is 10.2 Å². The smallest absolute Gasteiger partial charge is 0.223 e. The highest BCUT2D eigenvalue weighted by atomic mass is 19.1. The van der Waals surface area contributed by atoms with E-state index in [9.17, 15) is 9.18 Å². The molecule has 1 atom stereocenters. The van der Waals surface area contributed by atoms with Crippen molar-refractivity contribution in [3.8, 4) is 0 Å². The van der Waals surface area contributed by atoms with Crippen LogP contribution in [0.25, 0.3) is 0 Å². The number of nitrogens with zero attached hydrogens (tertiary/aromatic N) is 1. The summed E-state index contributed by atoms with van der Waals surface area (Å²) in [6.45, 7) is 5.02. The maximum absolute atomic E-state index is 13.4. The van der Waals surface area contributed by atoms with Crippen LogP contribution >= 0.6 is 0 Å². The van der Waals surface area contributed by atoms with Crippen LogP contribution in [0.2, 0.25) is 0 Å². The average Bonchev–Trinajstić information content (AvgIpc) is 2.45. The first-order valence-electron chi connectivity index (χ1n) is 7.38. The number of benzene rings is 1. The van der Waals surface area contributed by atoms with Crippen LogP contribution < -0.4 is 5.32 Å². The Bertz CT molecular complexity index is 450. The molecule has 0 bridgehead atoms. The van der Waals surface area contributed by atoms with Crippen LogP contribution in [0.15, 0.2) is 24.3 Å². The molecular weight excluding hydrogens is 255 g/mol. The van der Waals surface area contributed by atoms with Gasteiger partial charge in [-0.1, -0.05) is 25.1 Å². The summed E-state index contributed by atoms with van der Waals surface area (Å²) in [6, 6.07) is 6.72. The fourth-order valence-electron chi connectivity index (χ4n) is 2.63. The van der Waals surface area contributed by atoms with Crippen LogP contribution in [0.3, 0.4) is 0 Å². The van der Waals surface area contributed by atoms with Crippen molar-refractivity contribution in [2.45, 2.75) is 32.7 Å². The van der Waals surface area contributed by atoms with Crippen molar-refractivity contribution in [3.63, 3.8) is 0 Å². The summed E-state index contributed by atoms with van der Waals surface area (Å²) >= 11 is 0. The van der Waals surface area contributed by atoms with Gasteiger partial charge >= 0.3 is 0 Å². The van der Waals surface area contributed by atoms with E-state index in [4.69, 9.17) is 0 Å². The van der Waals surface area contributed by atoms with Gasteiger partial charge in [0.25, 0.3) is 0 Å². The lowest BCUT2D eigenvalue weighted by Gasteiger charge is -2.31. The molecule has 1 unspecified atom stereocenters. The fraction of sp³-hybridized carbons (Fsp3) is 0.562. The highest BCUT2D eigenvalue weighted by molar-refractivity contribution is 5.76. The van der Waals surface area contributed by atoms with Gasteiger partial charge in [0.05, 0.1) is 0 Å². The highest BCUT2D eigenvalue weighted by Gasteiger charge is 2.20. The van der Waals surface area contributed by atoms with Gasteiger partial charge in [0, 0.05) is 38.2 Å². The number of rotatable bonds is 5. The number of carbonyl (C=O) groups excluding carboxylic acids is 1. The monoisotopic (exact) mass is 278 g/mol.